The average Bonchev–Trinajstić information content (AvgIpc) is 2.65. The van der Waals surface area contributed by atoms with Gasteiger partial charge in [-0.1, -0.05) is 12.5 Å². The second-order valence-electron chi connectivity index (χ2n) is 6.26. The van der Waals surface area contributed by atoms with Crippen LogP contribution >= 0.6 is 0 Å². The van der Waals surface area contributed by atoms with Gasteiger partial charge in [0.2, 0.25) is 10.0 Å². The van der Waals surface area contributed by atoms with Crippen LogP contribution in [0.15, 0.2) is 41.4 Å². The Hall–Kier alpha value is -2.06. The van der Waals surface area contributed by atoms with E-state index in [4.69, 9.17) is 0 Å². The fourth-order valence-corrected chi connectivity index (χ4v) is 4.40. The summed E-state index contributed by atoms with van der Waals surface area (Å²) in [5, 5.41) is 3.01. The highest BCUT2D eigenvalue weighted by atomic mass is 32.2. The van der Waals surface area contributed by atoms with E-state index in [2.05, 4.69) is 10.3 Å². The Balaban J connectivity index is 1.59. The third-order valence-electron chi connectivity index (χ3n) is 4.40. The average molecular weight is 381 g/mol. The van der Waals surface area contributed by atoms with E-state index in [1.54, 1.807) is 6.07 Å². The van der Waals surface area contributed by atoms with E-state index in [-0.39, 0.29) is 4.90 Å². The van der Waals surface area contributed by atoms with E-state index in [0.717, 1.165) is 25.3 Å². The molecule has 2 heterocycles. The monoisotopic (exact) mass is 381 g/mol. The van der Waals surface area contributed by atoms with E-state index in [1.165, 1.54) is 28.7 Å². The molecule has 8 heteroatoms. The molecule has 0 bridgehead atoms. The number of anilines is 1. The molecule has 0 spiro atoms. The molecule has 0 saturated carbocycles. The summed E-state index contributed by atoms with van der Waals surface area (Å²) in [4.78, 5) is 4.31. The Morgan fingerprint density at radius 1 is 1.08 bits per heavy atom. The Morgan fingerprint density at radius 2 is 1.85 bits per heavy atom. The minimum atomic E-state index is -3.49. The van der Waals surface area contributed by atoms with Gasteiger partial charge in [-0.15, -0.1) is 0 Å². The second kappa shape index (κ2) is 8.09. The van der Waals surface area contributed by atoms with E-state index < -0.39 is 21.7 Å². The van der Waals surface area contributed by atoms with Crippen molar-refractivity contribution in [2.45, 2.75) is 30.6 Å². The molecule has 1 aliphatic rings. The van der Waals surface area contributed by atoms with Crippen LogP contribution in [0.1, 0.15) is 24.8 Å². The molecule has 2 aromatic rings. The third-order valence-corrected chi connectivity index (χ3v) is 6.29. The first-order valence-electron chi connectivity index (χ1n) is 8.61. The summed E-state index contributed by atoms with van der Waals surface area (Å²) >= 11 is 0. The minimum Gasteiger partial charge on any atom is -0.370 e. The lowest BCUT2D eigenvalue weighted by Crippen LogP contribution is -2.35. The molecule has 1 saturated heterocycles. The van der Waals surface area contributed by atoms with Crippen LogP contribution in [0.4, 0.5) is 14.6 Å². The molecule has 5 nitrogen and oxygen atoms in total. The molecule has 26 heavy (non-hydrogen) atoms. The van der Waals surface area contributed by atoms with Gasteiger partial charge in [0.25, 0.3) is 0 Å². The highest BCUT2D eigenvalue weighted by Crippen LogP contribution is 2.20. The summed E-state index contributed by atoms with van der Waals surface area (Å²) in [5.41, 5.74) is 0.406. The van der Waals surface area contributed by atoms with Crippen molar-refractivity contribution < 1.29 is 17.2 Å². The lowest BCUT2D eigenvalue weighted by molar-refractivity contribution is 0.346. The smallest absolute Gasteiger partial charge is 0.244 e. The quantitative estimate of drug-likeness (QED) is 0.835. The molecule has 0 aliphatic carbocycles. The Bertz CT molecular complexity index is 851. The number of hydrogen-bond donors (Lipinski definition) is 1. The number of sulfonamides is 1. The fourth-order valence-electron chi connectivity index (χ4n) is 2.94. The van der Waals surface area contributed by atoms with Crippen LogP contribution in [0.25, 0.3) is 0 Å². The summed E-state index contributed by atoms with van der Waals surface area (Å²) in [6, 6.07) is 6.61. The molecular weight excluding hydrogens is 360 g/mol. The maximum Gasteiger partial charge on any atom is 0.244 e. The predicted octanol–water partition coefficient (Wildman–Crippen LogP) is 3.19. The number of aromatic nitrogens is 1. The van der Waals surface area contributed by atoms with Gasteiger partial charge in [0.1, 0.15) is 22.3 Å². The Labute approximate surface area is 152 Å². The molecule has 1 aromatic heterocycles. The highest BCUT2D eigenvalue weighted by Gasteiger charge is 2.26. The van der Waals surface area contributed by atoms with Gasteiger partial charge >= 0.3 is 0 Å². The molecule has 0 amide bonds. The number of pyridine rings is 1. The summed E-state index contributed by atoms with van der Waals surface area (Å²) in [7, 11) is -3.49. The molecule has 1 fully saturated rings. The maximum atomic E-state index is 13.6. The minimum absolute atomic E-state index is 0.175. The highest BCUT2D eigenvalue weighted by molar-refractivity contribution is 7.89. The molecule has 0 radical (unpaired) electrons. The van der Waals surface area contributed by atoms with Crippen LogP contribution in [-0.2, 0) is 16.4 Å². The van der Waals surface area contributed by atoms with Crippen molar-refractivity contribution in [3.63, 3.8) is 0 Å². The SMILES string of the molecule is O=S(=O)(c1ccc(NCCc2ccc(F)cc2F)nc1)N1CCCCC1. The Morgan fingerprint density at radius 3 is 2.50 bits per heavy atom. The summed E-state index contributed by atoms with van der Waals surface area (Å²) < 4.78 is 53.1. The van der Waals surface area contributed by atoms with Gasteiger partial charge in [-0.2, -0.15) is 4.31 Å². The molecule has 0 atom stereocenters. The van der Waals surface area contributed by atoms with Crippen molar-refractivity contribution in [1.82, 2.24) is 9.29 Å². The molecule has 0 unspecified atom stereocenters. The van der Waals surface area contributed by atoms with Crippen LogP contribution in [-0.4, -0.2) is 37.3 Å². The molecule has 1 aliphatic heterocycles. The first-order chi connectivity index (χ1) is 12.5. The normalized spacial score (nSPS) is 15.8. The van der Waals surface area contributed by atoms with E-state index in [1.807, 2.05) is 0 Å². The molecule has 3 rings (SSSR count). The van der Waals surface area contributed by atoms with Crippen LogP contribution in [0.2, 0.25) is 0 Å². The molecule has 140 valence electrons. The third kappa shape index (κ3) is 4.37. The van der Waals surface area contributed by atoms with Gasteiger partial charge in [-0.3, -0.25) is 0 Å². The van der Waals surface area contributed by atoms with Crippen molar-refractivity contribution in [3.05, 3.63) is 53.7 Å². The zero-order chi connectivity index (χ0) is 18.6. The van der Waals surface area contributed by atoms with Crippen molar-refractivity contribution >= 4 is 15.8 Å². The van der Waals surface area contributed by atoms with Gasteiger partial charge in [0.05, 0.1) is 0 Å². The standard InChI is InChI=1S/C18H21F2N3O2S/c19-15-5-4-14(17(20)12-15)8-9-21-18-7-6-16(13-22-18)26(24,25)23-10-2-1-3-11-23/h4-7,12-13H,1-3,8-11H2,(H,21,22). The Kier molecular flexibility index (Phi) is 5.83. The number of halogens is 2. The summed E-state index contributed by atoms with van der Waals surface area (Å²) in [6.07, 6.45) is 4.52. The van der Waals surface area contributed by atoms with Crippen molar-refractivity contribution in [2.75, 3.05) is 25.0 Å². The molecular formula is C18H21F2N3O2S. The number of nitrogens with zero attached hydrogens (tertiary/aromatic N) is 2. The van der Waals surface area contributed by atoms with Gasteiger partial charge < -0.3 is 5.32 Å². The van der Waals surface area contributed by atoms with E-state index >= 15 is 0 Å². The zero-order valence-electron chi connectivity index (χ0n) is 14.3. The van der Waals surface area contributed by atoms with Crippen LogP contribution in [0.5, 0.6) is 0 Å². The fraction of sp³-hybridized carbons (Fsp3) is 0.389. The number of piperidine rings is 1. The largest absolute Gasteiger partial charge is 0.370 e. The maximum absolute atomic E-state index is 13.6. The zero-order valence-corrected chi connectivity index (χ0v) is 15.1. The van der Waals surface area contributed by atoms with Gasteiger partial charge in [-0.05, 0) is 43.0 Å². The van der Waals surface area contributed by atoms with E-state index in [0.29, 0.717) is 37.4 Å². The number of rotatable bonds is 6. The number of nitrogens with one attached hydrogen (secondary N) is 1. The predicted molar refractivity (Wildman–Crippen MR) is 95.4 cm³/mol. The lowest BCUT2D eigenvalue weighted by Gasteiger charge is -2.25. The summed E-state index contributed by atoms with van der Waals surface area (Å²) in [6.45, 7) is 1.49. The van der Waals surface area contributed by atoms with Crippen molar-refractivity contribution in [1.29, 1.82) is 0 Å². The van der Waals surface area contributed by atoms with Crippen LogP contribution in [0.3, 0.4) is 0 Å². The van der Waals surface area contributed by atoms with Crippen molar-refractivity contribution in [2.24, 2.45) is 0 Å². The molecule has 1 aromatic carbocycles. The van der Waals surface area contributed by atoms with E-state index in [9.17, 15) is 17.2 Å². The summed E-state index contributed by atoms with van der Waals surface area (Å²) in [5.74, 6) is -0.681. The van der Waals surface area contributed by atoms with Crippen LogP contribution in [0, 0.1) is 11.6 Å². The molecule has 1 N–H and O–H groups in total. The number of hydrogen-bond acceptors (Lipinski definition) is 4. The topological polar surface area (TPSA) is 62.3 Å². The first kappa shape index (κ1) is 18.7. The second-order valence-corrected chi connectivity index (χ2v) is 8.19. The first-order valence-corrected chi connectivity index (χ1v) is 10.0. The lowest BCUT2D eigenvalue weighted by atomic mass is 10.1. The van der Waals surface area contributed by atoms with Gasteiger partial charge in [0.15, 0.2) is 0 Å². The van der Waals surface area contributed by atoms with Gasteiger partial charge in [0, 0.05) is 31.9 Å². The number of benzene rings is 1. The van der Waals surface area contributed by atoms with Crippen molar-refractivity contribution in [3.8, 4) is 0 Å². The van der Waals surface area contributed by atoms with Crippen LogP contribution < -0.4 is 5.32 Å². The van der Waals surface area contributed by atoms with Gasteiger partial charge in [-0.25, -0.2) is 22.2 Å².